The molecule has 0 N–H and O–H groups in total. The molecule has 0 aromatic rings. The van der Waals surface area contributed by atoms with Crippen molar-refractivity contribution in [2.24, 2.45) is 0 Å². The van der Waals surface area contributed by atoms with E-state index in [-0.39, 0.29) is 12.1 Å². The molecule has 0 aliphatic carbocycles. The number of hydrogen-bond donors (Lipinski definition) is 0. The van der Waals surface area contributed by atoms with Crippen molar-refractivity contribution in [3.63, 3.8) is 0 Å². The molecule has 0 aliphatic heterocycles. The zero-order chi connectivity index (χ0) is 18.3. The van der Waals surface area contributed by atoms with Crippen LogP contribution in [0.4, 0.5) is 0 Å². The van der Waals surface area contributed by atoms with E-state index in [0.717, 1.165) is 38.0 Å². The second kappa shape index (κ2) is 15.0. The van der Waals surface area contributed by atoms with Crippen LogP contribution in [0, 0.1) is 0 Å². The lowest BCUT2D eigenvalue weighted by molar-refractivity contribution is -0.126. The number of unbranched alkanes of at least 4 members (excludes halogenated alkanes) is 10. The predicted molar refractivity (Wildman–Crippen MR) is 108 cm³/mol. The van der Waals surface area contributed by atoms with Crippen LogP contribution in [0.3, 0.4) is 0 Å². The van der Waals surface area contributed by atoms with Crippen LogP contribution in [-0.2, 0) is 9.36 Å². The first-order chi connectivity index (χ1) is 11.4. The van der Waals surface area contributed by atoms with Crippen molar-refractivity contribution in [2.75, 3.05) is 32.6 Å². The molecule has 0 saturated heterocycles. The van der Waals surface area contributed by atoms with Gasteiger partial charge in [-0.05, 0) is 12.8 Å². The highest BCUT2D eigenvalue weighted by Gasteiger charge is 2.25. The van der Waals surface area contributed by atoms with Crippen molar-refractivity contribution >= 4 is 13.0 Å². The topological polar surface area (TPSA) is 37.4 Å². The molecule has 0 fully saturated rings. The number of amides is 1. The zero-order valence-corrected chi connectivity index (χ0v) is 17.7. The normalized spacial score (nSPS) is 11.7. The van der Waals surface area contributed by atoms with E-state index in [2.05, 4.69) is 13.8 Å². The van der Waals surface area contributed by atoms with Gasteiger partial charge in [0.2, 0.25) is 5.91 Å². The first kappa shape index (κ1) is 23.7. The van der Waals surface area contributed by atoms with Gasteiger partial charge in [-0.2, -0.15) is 0 Å². The molecule has 0 atom stereocenters. The summed E-state index contributed by atoms with van der Waals surface area (Å²) in [6.07, 6.45) is 16.4. The Kier molecular flexibility index (Phi) is 14.8. The van der Waals surface area contributed by atoms with Crippen molar-refractivity contribution in [2.45, 2.75) is 90.9 Å². The Morgan fingerprint density at radius 3 is 1.46 bits per heavy atom. The first-order valence-electron chi connectivity index (χ1n) is 10.2. The van der Waals surface area contributed by atoms with Gasteiger partial charge in [-0.25, -0.2) is 0 Å². The van der Waals surface area contributed by atoms with Gasteiger partial charge >= 0.3 is 0 Å². The van der Waals surface area contributed by atoms with E-state index in [1.807, 2.05) is 0 Å². The second-order valence-electron chi connectivity index (χ2n) is 7.49. The summed E-state index contributed by atoms with van der Waals surface area (Å²) in [5, 5.41) is 0. The molecule has 4 heteroatoms. The predicted octanol–water partition coefficient (Wildman–Crippen LogP) is 6.16. The summed E-state index contributed by atoms with van der Waals surface area (Å²) in [7, 11) is 1.20. The summed E-state index contributed by atoms with van der Waals surface area (Å²) in [5.74, 6) is 0.0373. The lowest BCUT2D eigenvalue weighted by Gasteiger charge is -2.20. The molecule has 0 aromatic carbocycles. The molecule has 0 aliphatic rings. The lowest BCUT2D eigenvalue weighted by Crippen LogP contribution is -2.26. The van der Waals surface area contributed by atoms with Crippen LogP contribution >= 0.6 is 7.14 Å². The van der Waals surface area contributed by atoms with Gasteiger partial charge in [0.1, 0.15) is 0 Å². The number of rotatable bonds is 16. The summed E-state index contributed by atoms with van der Waals surface area (Å²) in [6.45, 7) is 4.45. The highest BCUT2D eigenvalue weighted by atomic mass is 31.2. The van der Waals surface area contributed by atoms with Gasteiger partial charge < -0.3 is 9.46 Å². The van der Waals surface area contributed by atoms with Gasteiger partial charge in [-0.1, -0.05) is 78.1 Å². The molecule has 0 spiro atoms. The van der Waals surface area contributed by atoms with Crippen LogP contribution in [0.2, 0.25) is 0 Å². The van der Waals surface area contributed by atoms with Gasteiger partial charge in [0.25, 0.3) is 0 Å². The van der Waals surface area contributed by atoms with Crippen molar-refractivity contribution in [3.8, 4) is 0 Å². The first-order valence-corrected chi connectivity index (χ1v) is 12.5. The maximum atomic E-state index is 13.3. The van der Waals surface area contributed by atoms with Crippen LogP contribution in [-0.4, -0.2) is 43.4 Å². The summed E-state index contributed by atoms with van der Waals surface area (Å²) in [5.41, 5.74) is 0. The Hall–Kier alpha value is -0.300. The fourth-order valence-electron chi connectivity index (χ4n) is 3.02. The minimum Gasteiger partial charge on any atom is -0.348 e. The van der Waals surface area contributed by atoms with Crippen molar-refractivity contribution in [1.82, 2.24) is 4.90 Å². The maximum Gasteiger partial charge on any atom is 0.229 e. The Morgan fingerprint density at radius 1 is 0.708 bits per heavy atom. The Labute approximate surface area is 151 Å². The van der Waals surface area contributed by atoms with Crippen LogP contribution in [0.1, 0.15) is 90.9 Å². The van der Waals surface area contributed by atoms with Crippen molar-refractivity contribution < 1.29 is 9.36 Å². The van der Waals surface area contributed by atoms with E-state index in [4.69, 9.17) is 0 Å². The van der Waals surface area contributed by atoms with E-state index in [9.17, 15) is 9.36 Å². The molecular weight excluding hydrogens is 317 g/mol. The van der Waals surface area contributed by atoms with Gasteiger partial charge in [0.05, 0.1) is 13.3 Å². The Balaban J connectivity index is 4.23. The molecule has 0 heterocycles. The number of carbonyl (C=O) groups is 1. The van der Waals surface area contributed by atoms with Crippen LogP contribution in [0.15, 0.2) is 0 Å². The Morgan fingerprint density at radius 2 is 1.08 bits per heavy atom. The minimum absolute atomic E-state index is 0.0373. The summed E-state index contributed by atoms with van der Waals surface area (Å²) in [4.78, 5) is 13.7. The molecule has 0 aromatic heterocycles. The molecule has 0 rings (SSSR count). The minimum atomic E-state index is -2.33. The fourth-order valence-corrected chi connectivity index (χ4v) is 5.93. The largest absolute Gasteiger partial charge is 0.348 e. The van der Waals surface area contributed by atoms with E-state index in [1.54, 1.807) is 19.0 Å². The van der Waals surface area contributed by atoms with Crippen LogP contribution < -0.4 is 0 Å². The summed E-state index contributed by atoms with van der Waals surface area (Å²) in [6, 6.07) is 0. The molecular formula is C20H42NO2P. The highest BCUT2D eigenvalue weighted by molar-refractivity contribution is 7.64. The third kappa shape index (κ3) is 13.0. The molecule has 24 heavy (non-hydrogen) atoms. The molecule has 0 bridgehead atoms. The number of nitrogens with zero attached hydrogens (tertiary/aromatic N) is 1. The van der Waals surface area contributed by atoms with E-state index in [0.29, 0.717) is 0 Å². The second-order valence-corrected chi connectivity index (χ2v) is 10.8. The van der Waals surface area contributed by atoms with Crippen molar-refractivity contribution in [3.05, 3.63) is 0 Å². The average molecular weight is 360 g/mol. The summed E-state index contributed by atoms with van der Waals surface area (Å²) >= 11 is 0. The molecule has 1 amide bonds. The Bertz CT molecular complexity index is 336. The summed E-state index contributed by atoms with van der Waals surface area (Å²) < 4.78 is 13.3. The highest BCUT2D eigenvalue weighted by Crippen LogP contribution is 2.47. The maximum absolute atomic E-state index is 13.3. The van der Waals surface area contributed by atoms with Gasteiger partial charge in [0.15, 0.2) is 0 Å². The zero-order valence-electron chi connectivity index (χ0n) is 16.8. The number of carbonyl (C=O) groups excluding carboxylic acids is 1. The van der Waals surface area contributed by atoms with Crippen molar-refractivity contribution in [1.29, 1.82) is 0 Å². The van der Waals surface area contributed by atoms with E-state index in [1.165, 1.54) is 51.4 Å². The quantitative estimate of drug-likeness (QED) is 0.244. The molecule has 0 saturated carbocycles. The standard InChI is InChI=1S/C20H42NO2P/c1-5-7-9-11-13-15-17-24(23,19-20(22)21(3)4)18-16-14-12-10-8-6-2/h5-19H2,1-4H3. The van der Waals surface area contributed by atoms with Crippen LogP contribution in [0.5, 0.6) is 0 Å². The van der Waals surface area contributed by atoms with Gasteiger partial charge in [0, 0.05) is 26.4 Å². The fraction of sp³-hybridized carbons (Fsp3) is 0.950. The third-order valence-corrected chi connectivity index (χ3v) is 7.87. The van der Waals surface area contributed by atoms with Gasteiger partial charge in [-0.15, -0.1) is 0 Å². The smallest absolute Gasteiger partial charge is 0.229 e. The average Bonchev–Trinajstić information content (AvgIpc) is 2.54. The lowest BCUT2D eigenvalue weighted by atomic mass is 10.1. The monoisotopic (exact) mass is 359 g/mol. The third-order valence-electron chi connectivity index (χ3n) is 4.76. The van der Waals surface area contributed by atoms with E-state index < -0.39 is 7.14 Å². The van der Waals surface area contributed by atoms with E-state index >= 15 is 0 Å². The van der Waals surface area contributed by atoms with Gasteiger partial charge in [-0.3, -0.25) is 4.79 Å². The molecule has 144 valence electrons. The number of hydrogen-bond acceptors (Lipinski definition) is 2. The molecule has 0 unspecified atom stereocenters. The SMILES string of the molecule is CCCCCCCCP(=O)(CCCCCCCC)CC(=O)N(C)C. The van der Waals surface area contributed by atoms with Crippen LogP contribution in [0.25, 0.3) is 0 Å². The molecule has 3 nitrogen and oxygen atoms in total. The molecule has 0 radical (unpaired) electrons.